The summed E-state index contributed by atoms with van der Waals surface area (Å²) in [7, 11) is -17.5. The second-order valence-electron chi connectivity index (χ2n) is 5.31. The van der Waals surface area contributed by atoms with Gasteiger partial charge in [-0.05, 0) is 39.0 Å². The minimum absolute atomic E-state index is 0. The van der Waals surface area contributed by atoms with Gasteiger partial charge < -0.3 is 13.7 Å². The normalized spacial score (nSPS) is 12.9. The van der Waals surface area contributed by atoms with Crippen LogP contribution in [0.4, 0.5) is 39.5 Å². The molecule has 0 aromatic heterocycles. The minimum Gasteiger partial charge on any atom is -0.741 e. The molecule has 0 N–H and O–H groups in total. The van der Waals surface area contributed by atoms with Crippen LogP contribution in [-0.4, -0.2) is 94.4 Å². The Hall–Kier alpha value is 0.609. The third-order valence-corrected chi connectivity index (χ3v) is 6.13. The van der Waals surface area contributed by atoms with Crippen LogP contribution < -0.4 is 0 Å². The summed E-state index contributed by atoms with van der Waals surface area (Å²) >= 11 is 0. The fourth-order valence-corrected chi connectivity index (χ4v) is 3.60. The van der Waals surface area contributed by atoms with E-state index >= 15 is 0 Å². The number of hydrogen-bond acceptors (Lipinski definition) is 9. The molecule has 207 valence electrons. The Kier molecular flexibility index (Phi) is 21.7. The third-order valence-electron chi connectivity index (χ3n) is 1.84. The first-order valence-electron chi connectivity index (χ1n) is 6.73. The number of halogens is 9. The molecule has 33 heavy (non-hydrogen) atoms. The molecule has 0 amide bonds. The molecular weight excluding hydrogens is 679 g/mol. The molecule has 0 aliphatic carbocycles. The van der Waals surface area contributed by atoms with Gasteiger partial charge in [0.15, 0.2) is 30.4 Å². The Labute approximate surface area is 200 Å². The molecule has 0 saturated heterocycles. The summed E-state index contributed by atoms with van der Waals surface area (Å²) in [5.41, 5.74) is -16.9. The van der Waals surface area contributed by atoms with Crippen LogP contribution in [0.1, 0.15) is 0 Å². The molecule has 0 aliphatic heterocycles. The zero-order valence-corrected chi connectivity index (χ0v) is 22.6. The first kappa shape index (κ1) is 43.7. The van der Waals surface area contributed by atoms with Gasteiger partial charge in [0.05, 0.1) is 0 Å². The quantitative estimate of drug-likeness (QED) is 0.186. The Morgan fingerprint density at radius 1 is 0.515 bits per heavy atom. The van der Waals surface area contributed by atoms with Gasteiger partial charge in [-0.3, -0.25) is 0 Å². The van der Waals surface area contributed by atoms with Gasteiger partial charge >= 0.3 is 16.5 Å². The average molecular weight is 695 g/mol. The zero-order chi connectivity index (χ0) is 27.6. The van der Waals surface area contributed by atoms with E-state index in [1.54, 1.807) is 0 Å². The Bertz CT molecular complexity index is 729. The SMILES string of the molecule is CP(C)CCP(C)C.O=S(=O)([O-])C(F)(F)F.O=S(=O)([O-])C(F)(F)F.O=S(=O)([O-])C(F)(F)F.[Tc]. The van der Waals surface area contributed by atoms with Gasteiger partial charge in [0.25, 0.3) is 0 Å². The zero-order valence-electron chi connectivity index (χ0n) is 16.5. The smallest absolute Gasteiger partial charge is 0.485 e. The molecule has 0 rings (SSSR count). The van der Waals surface area contributed by atoms with E-state index in [0.717, 1.165) is 0 Å². The maximum atomic E-state index is 10.7. The van der Waals surface area contributed by atoms with Crippen molar-refractivity contribution >= 4 is 46.2 Å². The van der Waals surface area contributed by atoms with Crippen LogP contribution >= 0.6 is 15.8 Å². The number of rotatable bonds is 3. The summed E-state index contributed by atoms with van der Waals surface area (Å²) in [5.74, 6) is 0. The summed E-state index contributed by atoms with van der Waals surface area (Å²) < 4.78 is 177. The fourth-order valence-electron chi connectivity index (χ4n) is 0.400. The Morgan fingerprint density at radius 2 is 0.606 bits per heavy atom. The number of hydrogen-bond donors (Lipinski definition) is 0. The van der Waals surface area contributed by atoms with E-state index in [1.165, 1.54) is 12.3 Å². The van der Waals surface area contributed by atoms with Crippen molar-refractivity contribution in [3.63, 3.8) is 0 Å². The van der Waals surface area contributed by atoms with Crippen molar-refractivity contribution in [3.8, 4) is 0 Å². The van der Waals surface area contributed by atoms with Crippen molar-refractivity contribution in [2.45, 2.75) is 16.5 Å². The fraction of sp³-hybridized carbons (Fsp3) is 1.00. The third kappa shape index (κ3) is 28.7. The van der Waals surface area contributed by atoms with Gasteiger partial charge in [0.1, 0.15) is 0 Å². The van der Waals surface area contributed by atoms with Crippen molar-refractivity contribution in [1.82, 2.24) is 0 Å². The number of alkyl halides is 9. The molecule has 0 aromatic rings. The largest absolute Gasteiger partial charge is 0.741 e. The average Bonchev–Trinajstić information content (AvgIpc) is 2.40. The molecule has 0 fully saturated rings. The Morgan fingerprint density at radius 3 is 0.636 bits per heavy atom. The molecule has 9 nitrogen and oxygen atoms in total. The van der Waals surface area contributed by atoms with Crippen molar-refractivity contribution in [1.29, 1.82) is 0 Å². The summed E-state index contributed by atoms with van der Waals surface area (Å²) in [4.78, 5) is 0. The molecular formula is C9H16F9O9P2S3Tc-3. The Balaban J connectivity index is -0.000000105. The molecule has 0 spiro atoms. The van der Waals surface area contributed by atoms with E-state index in [-0.39, 0.29) is 20.1 Å². The van der Waals surface area contributed by atoms with Crippen molar-refractivity contribution in [3.05, 3.63) is 0 Å². The minimum atomic E-state index is -6.09. The topological polar surface area (TPSA) is 172 Å². The first-order valence-corrected chi connectivity index (χ1v) is 15.8. The van der Waals surface area contributed by atoms with Crippen molar-refractivity contribution in [2.75, 3.05) is 39.0 Å². The molecule has 1 radical (unpaired) electrons. The monoisotopic (exact) mass is 694 g/mol. The molecule has 0 unspecified atom stereocenters. The van der Waals surface area contributed by atoms with E-state index in [0.29, 0.717) is 15.8 Å². The maximum Gasteiger partial charge on any atom is 0.485 e. The molecule has 0 aliphatic rings. The van der Waals surface area contributed by atoms with Crippen LogP contribution in [0.25, 0.3) is 0 Å². The van der Waals surface area contributed by atoms with Gasteiger partial charge in [-0.2, -0.15) is 39.5 Å². The van der Waals surface area contributed by atoms with E-state index < -0.39 is 46.9 Å². The van der Waals surface area contributed by atoms with E-state index in [4.69, 9.17) is 38.9 Å². The van der Waals surface area contributed by atoms with E-state index in [2.05, 4.69) is 26.7 Å². The summed E-state index contributed by atoms with van der Waals surface area (Å²) in [6.07, 6.45) is 2.96. The van der Waals surface area contributed by atoms with Crippen molar-refractivity contribution < 1.29 is 98.5 Å². The van der Waals surface area contributed by atoms with Gasteiger partial charge in [-0.1, -0.05) is 0 Å². The molecule has 0 saturated carbocycles. The standard InChI is InChI=1S/C6H16P2.3CHF3O3S.Tc/c1-7(2)5-6-8(3)4;3*2-1(3,4)8(5,6)7;/h5-6H2,1-4H3;3*(H,5,6,7);/p-3. The van der Waals surface area contributed by atoms with Gasteiger partial charge in [0.2, 0.25) is 0 Å². The van der Waals surface area contributed by atoms with Crippen molar-refractivity contribution in [2.24, 2.45) is 0 Å². The van der Waals surface area contributed by atoms with Crippen LogP contribution in [0.2, 0.25) is 0 Å². The predicted octanol–water partition coefficient (Wildman–Crippen LogP) is 2.62. The summed E-state index contributed by atoms with van der Waals surface area (Å²) in [5, 5.41) is 0. The molecule has 0 bridgehead atoms. The predicted molar refractivity (Wildman–Crippen MR) is 94.5 cm³/mol. The van der Waals surface area contributed by atoms with Crippen LogP contribution in [0.5, 0.6) is 0 Å². The summed E-state index contributed by atoms with van der Waals surface area (Å²) in [6.45, 7) is 9.42. The second kappa shape index (κ2) is 16.4. The van der Waals surface area contributed by atoms with Gasteiger partial charge in [0, 0.05) is 20.1 Å². The van der Waals surface area contributed by atoms with Gasteiger partial charge in [-0.25, -0.2) is 25.3 Å². The van der Waals surface area contributed by atoms with Crippen LogP contribution in [0.3, 0.4) is 0 Å². The molecule has 0 aromatic carbocycles. The van der Waals surface area contributed by atoms with Crippen LogP contribution in [-0.2, 0) is 50.5 Å². The van der Waals surface area contributed by atoms with E-state index in [9.17, 15) is 39.5 Å². The van der Waals surface area contributed by atoms with Crippen LogP contribution in [0, 0.1) is 0 Å². The summed E-state index contributed by atoms with van der Waals surface area (Å²) in [6, 6.07) is 0. The first-order chi connectivity index (χ1) is 13.4. The molecule has 0 atom stereocenters. The van der Waals surface area contributed by atoms with Gasteiger partial charge in [-0.15, -0.1) is 15.8 Å². The van der Waals surface area contributed by atoms with E-state index in [1.807, 2.05) is 0 Å². The second-order valence-corrected chi connectivity index (χ2v) is 14.6. The van der Waals surface area contributed by atoms with Crippen LogP contribution in [0.15, 0.2) is 0 Å². The molecule has 24 heteroatoms. The molecule has 0 heterocycles. The maximum absolute atomic E-state index is 10.7.